The average molecular weight is 286 g/mol. The standard InChI is InChI=1S/C14H20ClNO3/c1-9(2)6-11(17)8-16-14(18)12-7-10(15)4-5-13(12)19-3/h4-5,7,9,11,17H,6,8H2,1-3H3,(H,16,18). The molecular formula is C14H20ClNO3. The van der Waals surface area contributed by atoms with Crippen LogP contribution in [0.1, 0.15) is 30.6 Å². The molecule has 0 aromatic heterocycles. The van der Waals surface area contributed by atoms with Gasteiger partial charge in [0.25, 0.3) is 5.91 Å². The highest BCUT2D eigenvalue weighted by molar-refractivity contribution is 6.31. The minimum atomic E-state index is -0.547. The van der Waals surface area contributed by atoms with E-state index in [0.29, 0.717) is 28.7 Å². The van der Waals surface area contributed by atoms with Gasteiger partial charge < -0.3 is 15.2 Å². The molecule has 4 nitrogen and oxygen atoms in total. The third kappa shape index (κ3) is 5.09. The maximum absolute atomic E-state index is 12.0. The molecule has 0 aliphatic rings. The third-order valence-corrected chi connectivity index (χ3v) is 2.88. The number of rotatable bonds is 6. The molecule has 106 valence electrons. The molecule has 0 heterocycles. The molecule has 0 bridgehead atoms. The summed E-state index contributed by atoms with van der Waals surface area (Å²) in [7, 11) is 1.49. The van der Waals surface area contributed by atoms with Crippen LogP contribution in [0.25, 0.3) is 0 Å². The number of aliphatic hydroxyl groups excluding tert-OH is 1. The van der Waals surface area contributed by atoms with E-state index >= 15 is 0 Å². The molecule has 5 heteroatoms. The van der Waals surface area contributed by atoms with Crippen molar-refractivity contribution in [3.63, 3.8) is 0 Å². The Morgan fingerprint density at radius 3 is 2.74 bits per heavy atom. The maximum Gasteiger partial charge on any atom is 0.255 e. The number of nitrogens with one attached hydrogen (secondary N) is 1. The molecule has 0 fully saturated rings. The topological polar surface area (TPSA) is 58.6 Å². The van der Waals surface area contributed by atoms with Crippen LogP contribution in [0.2, 0.25) is 5.02 Å². The Morgan fingerprint density at radius 1 is 1.47 bits per heavy atom. The van der Waals surface area contributed by atoms with Crippen molar-refractivity contribution >= 4 is 17.5 Å². The Balaban J connectivity index is 2.65. The van der Waals surface area contributed by atoms with Crippen LogP contribution < -0.4 is 10.1 Å². The van der Waals surface area contributed by atoms with Crippen LogP contribution in [0.15, 0.2) is 18.2 Å². The van der Waals surface area contributed by atoms with Gasteiger partial charge in [0.05, 0.1) is 18.8 Å². The second-order valence-electron chi connectivity index (χ2n) is 4.84. The van der Waals surface area contributed by atoms with Crippen LogP contribution in [0.4, 0.5) is 0 Å². The van der Waals surface area contributed by atoms with Crippen molar-refractivity contribution in [1.29, 1.82) is 0 Å². The van der Waals surface area contributed by atoms with E-state index in [1.165, 1.54) is 7.11 Å². The van der Waals surface area contributed by atoms with Crippen LogP contribution >= 0.6 is 11.6 Å². The van der Waals surface area contributed by atoms with E-state index in [-0.39, 0.29) is 12.5 Å². The summed E-state index contributed by atoms with van der Waals surface area (Å²) in [4.78, 5) is 12.0. The van der Waals surface area contributed by atoms with Crippen LogP contribution in [-0.2, 0) is 0 Å². The molecule has 0 aliphatic carbocycles. The summed E-state index contributed by atoms with van der Waals surface area (Å²) in [6, 6.07) is 4.84. The molecule has 1 aromatic rings. The lowest BCUT2D eigenvalue weighted by Gasteiger charge is -2.15. The van der Waals surface area contributed by atoms with E-state index in [9.17, 15) is 9.90 Å². The van der Waals surface area contributed by atoms with Gasteiger partial charge in [0.15, 0.2) is 0 Å². The quantitative estimate of drug-likeness (QED) is 0.844. The first-order valence-electron chi connectivity index (χ1n) is 6.23. The Hall–Kier alpha value is -1.26. The summed E-state index contributed by atoms with van der Waals surface area (Å²) in [6.07, 6.45) is 0.0987. The van der Waals surface area contributed by atoms with Gasteiger partial charge in [-0.05, 0) is 30.5 Å². The highest BCUT2D eigenvalue weighted by atomic mass is 35.5. The summed E-state index contributed by atoms with van der Waals surface area (Å²) in [5, 5.41) is 12.9. The smallest absolute Gasteiger partial charge is 0.255 e. The van der Waals surface area contributed by atoms with Crippen LogP contribution in [0.3, 0.4) is 0 Å². The number of carbonyl (C=O) groups excluding carboxylic acids is 1. The van der Waals surface area contributed by atoms with Crippen molar-refractivity contribution in [2.75, 3.05) is 13.7 Å². The molecule has 1 unspecified atom stereocenters. The fourth-order valence-corrected chi connectivity index (χ4v) is 1.96. The molecule has 1 amide bonds. The van der Waals surface area contributed by atoms with Gasteiger partial charge in [-0.3, -0.25) is 4.79 Å². The van der Waals surface area contributed by atoms with Gasteiger partial charge in [-0.1, -0.05) is 25.4 Å². The van der Waals surface area contributed by atoms with Crippen molar-refractivity contribution in [1.82, 2.24) is 5.32 Å². The Kier molecular flexibility index (Phi) is 6.12. The van der Waals surface area contributed by atoms with Crippen LogP contribution in [0, 0.1) is 5.92 Å². The summed E-state index contributed by atoms with van der Waals surface area (Å²) in [6.45, 7) is 4.25. The van der Waals surface area contributed by atoms with Gasteiger partial charge in [0.2, 0.25) is 0 Å². The molecule has 1 aromatic carbocycles. The van der Waals surface area contributed by atoms with E-state index < -0.39 is 6.10 Å². The second kappa shape index (κ2) is 7.36. The Morgan fingerprint density at radius 2 is 2.16 bits per heavy atom. The summed E-state index contributed by atoms with van der Waals surface area (Å²) < 4.78 is 5.11. The number of benzene rings is 1. The molecule has 0 aliphatic heterocycles. The number of hydrogen-bond donors (Lipinski definition) is 2. The molecule has 0 spiro atoms. The number of carbonyl (C=O) groups is 1. The largest absolute Gasteiger partial charge is 0.496 e. The van der Waals surface area contributed by atoms with Crippen LogP contribution in [-0.4, -0.2) is 30.8 Å². The van der Waals surface area contributed by atoms with E-state index in [1.807, 2.05) is 13.8 Å². The molecule has 0 radical (unpaired) electrons. The summed E-state index contributed by atoms with van der Waals surface area (Å²) in [5.74, 6) is 0.537. The zero-order chi connectivity index (χ0) is 14.4. The summed E-state index contributed by atoms with van der Waals surface area (Å²) >= 11 is 5.86. The number of amides is 1. The van der Waals surface area contributed by atoms with Gasteiger partial charge in [-0.15, -0.1) is 0 Å². The van der Waals surface area contributed by atoms with E-state index in [2.05, 4.69) is 5.32 Å². The number of hydrogen-bond acceptors (Lipinski definition) is 3. The highest BCUT2D eigenvalue weighted by Gasteiger charge is 2.14. The first-order chi connectivity index (χ1) is 8.93. The molecule has 1 rings (SSSR count). The van der Waals surface area contributed by atoms with Gasteiger partial charge in [0, 0.05) is 11.6 Å². The van der Waals surface area contributed by atoms with Crippen molar-refractivity contribution in [2.24, 2.45) is 5.92 Å². The van der Waals surface area contributed by atoms with Gasteiger partial charge in [-0.25, -0.2) is 0 Å². The summed E-state index contributed by atoms with van der Waals surface area (Å²) in [5.41, 5.74) is 0.367. The van der Waals surface area contributed by atoms with Crippen molar-refractivity contribution in [2.45, 2.75) is 26.4 Å². The third-order valence-electron chi connectivity index (χ3n) is 2.65. The minimum absolute atomic E-state index is 0.215. The zero-order valence-electron chi connectivity index (χ0n) is 11.4. The predicted molar refractivity (Wildman–Crippen MR) is 75.8 cm³/mol. The van der Waals surface area contributed by atoms with Crippen LogP contribution in [0.5, 0.6) is 5.75 Å². The molecule has 2 N–H and O–H groups in total. The van der Waals surface area contributed by atoms with Gasteiger partial charge in [0.1, 0.15) is 5.75 Å². The minimum Gasteiger partial charge on any atom is -0.496 e. The van der Waals surface area contributed by atoms with Crippen molar-refractivity contribution < 1.29 is 14.6 Å². The number of aliphatic hydroxyl groups is 1. The lowest BCUT2D eigenvalue weighted by molar-refractivity contribution is 0.0897. The van der Waals surface area contributed by atoms with Crippen molar-refractivity contribution in [3.8, 4) is 5.75 Å². The average Bonchev–Trinajstić information content (AvgIpc) is 2.35. The Bertz CT molecular complexity index is 435. The number of methoxy groups -OCH3 is 1. The molecule has 0 saturated heterocycles. The first-order valence-corrected chi connectivity index (χ1v) is 6.61. The first kappa shape index (κ1) is 15.8. The monoisotopic (exact) mass is 285 g/mol. The number of halogens is 1. The molecule has 1 atom stereocenters. The Labute approximate surface area is 118 Å². The molecule has 0 saturated carbocycles. The normalized spacial score (nSPS) is 12.3. The lowest BCUT2D eigenvalue weighted by Crippen LogP contribution is -2.33. The highest BCUT2D eigenvalue weighted by Crippen LogP contribution is 2.22. The molecule has 19 heavy (non-hydrogen) atoms. The van der Waals surface area contributed by atoms with E-state index in [1.54, 1.807) is 18.2 Å². The lowest BCUT2D eigenvalue weighted by atomic mass is 10.1. The SMILES string of the molecule is COc1ccc(Cl)cc1C(=O)NCC(O)CC(C)C. The van der Waals surface area contributed by atoms with Gasteiger partial charge in [-0.2, -0.15) is 0 Å². The maximum atomic E-state index is 12.0. The zero-order valence-corrected chi connectivity index (χ0v) is 12.2. The second-order valence-corrected chi connectivity index (χ2v) is 5.27. The predicted octanol–water partition coefficient (Wildman–Crippen LogP) is 2.49. The number of ether oxygens (including phenoxy) is 1. The fourth-order valence-electron chi connectivity index (χ4n) is 1.79. The van der Waals surface area contributed by atoms with Crippen molar-refractivity contribution in [3.05, 3.63) is 28.8 Å². The van der Waals surface area contributed by atoms with E-state index in [4.69, 9.17) is 16.3 Å². The molecular weight excluding hydrogens is 266 g/mol. The van der Waals surface area contributed by atoms with E-state index in [0.717, 1.165) is 0 Å². The fraction of sp³-hybridized carbons (Fsp3) is 0.500. The van der Waals surface area contributed by atoms with Gasteiger partial charge >= 0.3 is 0 Å².